The molecular weight excluding hydrogens is 228 g/mol. The Kier molecular flexibility index (Phi) is 7.28. The molecule has 0 aromatic rings. The summed E-state index contributed by atoms with van der Waals surface area (Å²) in [7, 11) is 0. The van der Waals surface area contributed by atoms with E-state index in [1.165, 1.54) is 12.8 Å². The van der Waals surface area contributed by atoms with Crippen LogP contribution in [-0.2, 0) is 9.53 Å². The van der Waals surface area contributed by atoms with Crippen LogP contribution in [0.1, 0.15) is 46.5 Å². The second-order valence-corrected chi connectivity index (χ2v) is 5.25. The summed E-state index contributed by atoms with van der Waals surface area (Å²) in [6.07, 6.45) is 4.85. The summed E-state index contributed by atoms with van der Waals surface area (Å²) in [4.78, 5) is 11.8. The average molecular weight is 256 g/mol. The topological polar surface area (TPSA) is 50.4 Å². The number of amides is 1. The first kappa shape index (κ1) is 15.4. The Labute approximate surface area is 111 Å². The van der Waals surface area contributed by atoms with Crippen molar-refractivity contribution < 1.29 is 9.53 Å². The zero-order chi connectivity index (χ0) is 13.4. The summed E-state index contributed by atoms with van der Waals surface area (Å²) < 4.78 is 5.51. The highest BCUT2D eigenvalue weighted by atomic mass is 16.5. The molecule has 1 heterocycles. The number of carbonyl (C=O) groups excluding carboxylic acids is 1. The van der Waals surface area contributed by atoms with Gasteiger partial charge in [-0.15, -0.1) is 0 Å². The van der Waals surface area contributed by atoms with Crippen LogP contribution in [0.15, 0.2) is 0 Å². The molecule has 1 aliphatic heterocycles. The minimum Gasteiger partial charge on any atom is -0.378 e. The maximum absolute atomic E-state index is 11.8. The molecule has 3 unspecified atom stereocenters. The SMILES string of the molecule is CCCCCNC(=O)C(C)NCC1CCOC1C. The van der Waals surface area contributed by atoms with Crippen LogP contribution in [0, 0.1) is 5.92 Å². The largest absolute Gasteiger partial charge is 0.378 e. The van der Waals surface area contributed by atoms with Crippen LogP contribution in [0.5, 0.6) is 0 Å². The molecule has 0 bridgehead atoms. The van der Waals surface area contributed by atoms with Crippen LogP contribution in [-0.4, -0.2) is 37.7 Å². The quantitative estimate of drug-likeness (QED) is 0.650. The van der Waals surface area contributed by atoms with Gasteiger partial charge in [0.15, 0.2) is 0 Å². The summed E-state index contributed by atoms with van der Waals surface area (Å²) in [5, 5.41) is 6.27. The Bertz CT molecular complexity index is 246. The molecule has 1 rings (SSSR count). The smallest absolute Gasteiger partial charge is 0.236 e. The van der Waals surface area contributed by atoms with Crippen molar-refractivity contribution in [1.82, 2.24) is 10.6 Å². The van der Waals surface area contributed by atoms with Gasteiger partial charge < -0.3 is 15.4 Å². The van der Waals surface area contributed by atoms with Gasteiger partial charge in [-0.3, -0.25) is 4.79 Å². The second-order valence-electron chi connectivity index (χ2n) is 5.25. The first-order valence-electron chi connectivity index (χ1n) is 7.27. The second kappa shape index (κ2) is 8.48. The van der Waals surface area contributed by atoms with Crippen molar-refractivity contribution in [3.8, 4) is 0 Å². The average Bonchev–Trinajstić information content (AvgIpc) is 2.77. The van der Waals surface area contributed by atoms with Crippen molar-refractivity contribution >= 4 is 5.91 Å². The highest BCUT2D eigenvalue weighted by Gasteiger charge is 2.24. The highest BCUT2D eigenvalue weighted by Crippen LogP contribution is 2.19. The summed E-state index contributed by atoms with van der Waals surface area (Å²) in [6, 6.07) is -0.112. The zero-order valence-electron chi connectivity index (χ0n) is 12.0. The summed E-state index contributed by atoms with van der Waals surface area (Å²) in [6.45, 7) is 8.71. The van der Waals surface area contributed by atoms with Gasteiger partial charge in [0.05, 0.1) is 12.1 Å². The van der Waals surface area contributed by atoms with E-state index in [1.54, 1.807) is 0 Å². The van der Waals surface area contributed by atoms with Gasteiger partial charge in [0, 0.05) is 19.7 Å². The molecule has 1 amide bonds. The number of carbonyl (C=O) groups is 1. The Morgan fingerprint density at radius 2 is 2.22 bits per heavy atom. The van der Waals surface area contributed by atoms with Crippen molar-refractivity contribution in [2.24, 2.45) is 5.92 Å². The third-order valence-electron chi connectivity index (χ3n) is 3.69. The summed E-state index contributed by atoms with van der Waals surface area (Å²) in [5.74, 6) is 0.651. The predicted molar refractivity (Wildman–Crippen MR) is 73.5 cm³/mol. The molecule has 0 spiro atoms. The van der Waals surface area contributed by atoms with Crippen LogP contribution in [0.2, 0.25) is 0 Å². The van der Waals surface area contributed by atoms with E-state index >= 15 is 0 Å². The molecule has 3 atom stereocenters. The van der Waals surface area contributed by atoms with Gasteiger partial charge in [-0.05, 0) is 32.6 Å². The van der Waals surface area contributed by atoms with E-state index in [2.05, 4.69) is 24.5 Å². The van der Waals surface area contributed by atoms with Gasteiger partial charge in [-0.25, -0.2) is 0 Å². The Hall–Kier alpha value is -0.610. The fraction of sp³-hybridized carbons (Fsp3) is 0.929. The highest BCUT2D eigenvalue weighted by molar-refractivity contribution is 5.81. The van der Waals surface area contributed by atoms with Gasteiger partial charge in [0.1, 0.15) is 0 Å². The lowest BCUT2D eigenvalue weighted by atomic mass is 10.0. The molecule has 0 radical (unpaired) electrons. The van der Waals surface area contributed by atoms with E-state index in [0.717, 1.165) is 32.5 Å². The number of hydrogen-bond donors (Lipinski definition) is 2. The molecule has 1 saturated heterocycles. The lowest BCUT2D eigenvalue weighted by Gasteiger charge is -2.18. The first-order chi connectivity index (χ1) is 8.65. The fourth-order valence-electron chi connectivity index (χ4n) is 2.20. The van der Waals surface area contributed by atoms with Gasteiger partial charge in [0.2, 0.25) is 5.91 Å². The zero-order valence-corrected chi connectivity index (χ0v) is 12.0. The predicted octanol–water partition coefficient (Wildman–Crippen LogP) is 1.70. The van der Waals surface area contributed by atoms with Crippen LogP contribution in [0.25, 0.3) is 0 Å². The summed E-state index contributed by atoms with van der Waals surface area (Å²) in [5.41, 5.74) is 0. The van der Waals surface area contributed by atoms with Crippen molar-refractivity contribution in [2.75, 3.05) is 19.7 Å². The van der Waals surface area contributed by atoms with E-state index in [9.17, 15) is 4.79 Å². The number of unbranched alkanes of at least 4 members (excludes halogenated alkanes) is 2. The van der Waals surface area contributed by atoms with Gasteiger partial charge in [-0.2, -0.15) is 0 Å². The van der Waals surface area contributed by atoms with Crippen LogP contribution >= 0.6 is 0 Å². The monoisotopic (exact) mass is 256 g/mol. The molecule has 0 aliphatic carbocycles. The standard InChI is InChI=1S/C14H28N2O2/c1-4-5-6-8-15-14(17)11(2)16-10-13-7-9-18-12(13)3/h11-13,16H,4-10H2,1-3H3,(H,15,17). The molecule has 4 nitrogen and oxygen atoms in total. The molecular formula is C14H28N2O2. The molecule has 1 aliphatic rings. The number of hydrogen-bond acceptors (Lipinski definition) is 3. The maximum Gasteiger partial charge on any atom is 0.236 e. The third kappa shape index (κ3) is 5.36. The number of nitrogens with one attached hydrogen (secondary N) is 2. The molecule has 0 aromatic heterocycles. The lowest BCUT2D eigenvalue weighted by Crippen LogP contribution is -2.44. The van der Waals surface area contributed by atoms with Gasteiger partial charge in [-0.1, -0.05) is 19.8 Å². The molecule has 106 valence electrons. The maximum atomic E-state index is 11.8. The molecule has 2 N–H and O–H groups in total. The third-order valence-corrected chi connectivity index (χ3v) is 3.69. The number of ether oxygens (including phenoxy) is 1. The van der Waals surface area contributed by atoms with E-state index in [0.29, 0.717) is 12.0 Å². The van der Waals surface area contributed by atoms with Crippen LogP contribution in [0.3, 0.4) is 0 Å². The molecule has 0 aromatic carbocycles. The van der Waals surface area contributed by atoms with E-state index < -0.39 is 0 Å². The normalized spacial score (nSPS) is 25.1. The van der Waals surface area contributed by atoms with E-state index in [4.69, 9.17) is 4.74 Å². The molecule has 0 saturated carbocycles. The van der Waals surface area contributed by atoms with E-state index in [-0.39, 0.29) is 11.9 Å². The van der Waals surface area contributed by atoms with Crippen molar-refractivity contribution in [3.63, 3.8) is 0 Å². The van der Waals surface area contributed by atoms with Crippen molar-refractivity contribution in [2.45, 2.75) is 58.6 Å². The Balaban J connectivity index is 2.11. The van der Waals surface area contributed by atoms with E-state index in [1.807, 2.05) is 6.92 Å². The van der Waals surface area contributed by atoms with Crippen molar-refractivity contribution in [1.29, 1.82) is 0 Å². The lowest BCUT2D eigenvalue weighted by molar-refractivity contribution is -0.122. The Morgan fingerprint density at radius 3 is 2.83 bits per heavy atom. The van der Waals surface area contributed by atoms with Crippen LogP contribution in [0.4, 0.5) is 0 Å². The van der Waals surface area contributed by atoms with Crippen molar-refractivity contribution in [3.05, 3.63) is 0 Å². The summed E-state index contributed by atoms with van der Waals surface area (Å²) >= 11 is 0. The minimum absolute atomic E-state index is 0.109. The van der Waals surface area contributed by atoms with Crippen LogP contribution < -0.4 is 10.6 Å². The molecule has 1 fully saturated rings. The first-order valence-corrected chi connectivity index (χ1v) is 7.27. The fourth-order valence-corrected chi connectivity index (χ4v) is 2.20. The van der Waals surface area contributed by atoms with Gasteiger partial charge >= 0.3 is 0 Å². The molecule has 18 heavy (non-hydrogen) atoms. The minimum atomic E-state index is -0.112. The Morgan fingerprint density at radius 1 is 1.44 bits per heavy atom. The van der Waals surface area contributed by atoms with Gasteiger partial charge in [0.25, 0.3) is 0 Å². The molecule has 4 heteroatoms. The number of rotatable bonds is 8.